The van der Waals surface area contributed by atoms with Crippen LogP contribution in [0.25, 0.3) is 0 Å². The fourth-order valence-electron chi connectivity index (χ4n) is 1.60. The lowest BCUT2D eigenvalue weighted by Crippen LogP contribution is -2.05. The number of aromatic nitrogens is 2. The third-order valence-electron chi connectivity index (χ3n) is 2.54. The van der Waals surface area contributed by atoms with Crippen LogP contribution in [-0.4, -0.2) is 14.7 Å². The van der Waals surface area contributed by atoms with Gasteiger partial charge in [0.1, 0.15) is 0 Å². The summed E-state index contributed by atoms with van der Waals surface area (Å²) in [6, 6.07) is 0.563. The van der Waals surface area contributed by atoms with Gasteiger partial charge in [-0.15, -0.1) is 12.3 Å². The van der Waals surface area contributed by atoms with E-state index in [0.29, 0.717) is 18.9 Å². The molecule has 1 aliphatic carbocycles. The van der Waals surface area contributed by atoms with Crippen LogP contribution in [0.15, 0.2) is 12.5 Å². The van der Waals surface area contributed by atoms with Gasteiger partial charge in [-0.3, -0.25) is 0 Å². The molecule has 0 amide bonds. The molecule has 14 heavy (non-hydrogen) atoms. The van der Waals surface area contributed by atoms with Gasteiger partial charge in [0.15, 0.2) is 0 Å². The molecule has 1 saturated carbocycles. The van der Waals surface area contributed by atoms with E-state index in [1.54, 1.807) is 12.5 Å². The molecule has 1 aromatic rings. The summed E-state index contributed by atoms with van der Waals surface area (Å²) in [5, 5.41) is 9.84. The van der Waals surface area contributed by atoms with E-state index in [2.05, 4.69) is 15.5 Å². The fourth-order valence-corrected chi connectivity index (χ4v) is 1.60. The Morgan fingerprint density at radius 1 is 1.71 bits per heavy atom. The van der Waals surface area contributed by atoms with Crippen LogP contribution in [0.4, 0.5) is 0 Å². The van der Waals surface area contributed by atoms with Gasteiger partial charge >= 0.3 is 0 Å². The van der Waals surface area contributed by atoms with Crippen molar-refractivity contribution in [3.63, 3.8) is 0 Å². The molecular weight excluding hydrogens is 176 g/mol. The summed E-state index contributed by atoms with van der Waals surface area (Å²) in [4.78, 5) is 4.06. The second kappa shape index (κ2) is 3.85. The average Bonchev–Trinajstić information content (AvgIpc) is 2.93. The number of aliphatic hydroxyl groups is 1. The number of aliphatic hydroxyl groups excluding tert-OH is 1. The van der Waals surface area contributed by atoms with Crippen molar-refractivity contribution in [3.8, 4) is 12.3 Å². The Hall–Kier alpha value is -1.27. The average molecular weight is 190 g/mol. The molecule has 74 valence electrons. The molecule has 1 aromatic heterocycles. The minimum absolute atomic E-state index is 0.464. The maximum absolute atomic E-state index is 9.84. The predicted molar refractivity (Wildman–Crippen MR) is 53.5 cm³/mol. The summed E-state index contributed by atoms with van der Waals surface area (Å²) in [7, 11) is 0. The van der Waals surface area contributed by atoms with E-state index in [1.807, 2.05) is 0 Å². The molecule has 1 atom stereocenters. The lowest BCUT2D eigenvalue weighted by atomic mass is 10.1. The van der Waals surface area contributed by atoms with Crippen LogP contribution < -0.4 is 0 Å². The third-order valence-corrected chi connectivity index (χ3v) is 2.54. The lowest BCUT2D eigenvalue weighted by Gasteiger charge is -2.11. The molecule has 1 N–H and O–H groups in total. The number of terminal acetylenes is 1. The molecule has 1 aliphatic rings. The standard InChI is InChI=1S/C11H14N2O/c1-2-3-4-11(14)10-7-12-8-13(10)9-5-6-9/h1,7-9,11,14H,3-6H2. The summed E-state index contributed by atoms with van der Waals surface area (Å²) < 4.78 is 2.07. The molecule has 0 radical (unpaired) electrons. The number of imidazole rings is 1. The maximum atomic E-state index is 9.84. The normalized spacial score (nSPS) is 17.7. The first-order valence-corrected chi connectivity index (χ1v) is 4.96. The highest BCUT2D eigenvalue weighted by Crippen LogP contribution is 2.37. The first-order chi connectivity index (χ1) is 6.83. The van der Waals surface area contributed by atoms with Crippen molar-refractivity contribution in [2.75, 3.05) is 0 Å². The molecule has 0 aromatic carbocycles. The smallest absolute Gasteiger partial charge is 0.0965 e. The van der Waals surface area contributed by atoms with Gasteiger partial charge in [-0.1, -0.05) is 0 Å². The van der Waals surface area contributed by atoms with Crippen molar-refractivity contribution in [3.05, 3.63) is 18.2 Å². The molecule has 3 nitrogen and oxygen atoms in total. The summed E-state index contributed by atoms with van der Waals surface area (Å²) in [6.07, 6.45) is 11.9. The minimum Gasteiger partial charge on any atom is -0.387 e. The molecular formula is C11H14N2O. The lowest BCUT2D eigenvalue weighted by molar-refractivity contribution is 0.160. The van der Waals surface area contributed by atoms with Crippen LogP contribution in [0, 0.1) is 12.3 Å². The molecule has 1 unspecified atom stereocenters. The predicted octanol–water partition coefficient (Wildman–Crippen LogP) is 1.66. The monoisotopic (exact) mass is 190 g/mol. The maximum Gasteiger partial charge on any atom is 0.0965 e. The van der Waals surface area contributed by atoms with E-state index >= 15 is 0 Å². The second-order valence-electron chi connectivity index (χ2n) is 3.72. The highest BCUT2D eigenvalue weighted by atomic mass is 16.3. The summed E-state index contributed by atoms with van der Waals surface area (Å²) in [5.74, 6) is 2.54. The molecule has 0 saturated heterocycles. The zero-order chi connectivity index (χ0) is 9.97. The first-order valence-electron chi connectivity index (χ1n) is 4.96. The van der Waals surface area contributed by atoms with E-state index < -0.39 is 6.10 Å². The van der Waals surface area contributed by atoms with Crippen LogP contribution in [0.2, 0.25) is 0 Å². The van der Waals surface area contributed by atoms with Gasteiger partial charge in [-0.25, -0.2) is 4.98 Å². The topological polar surface area (TPSA) is 38.1 Å². The van der Waals surface area contributed by atoms with Gasteiger partial charge in [0.05, 0.1) is 24.3 Å². The van der Waals surface area contributed by atoms with Crippen molar-refractivity contribution in [2.45, 2.75) is 37.8 Å². The van der Waals surface area contributed by atoms with Gasteiger partial charge in [-0.05, 0) is 19.3 Å². The Bertz CT molecular complexity index is 346. The van der Waals surface area contributed by atoms with Gasteiger partial charge in [0.2, 0.25) is 0 Å². The quantitative estimate of drug-likeness (QED) is 0.733. The van der Waals surface area contributed by atoms with Crippen molar-refractivity contribution in [1.82, 2.24) is 9.55 Å². The Balaban J connectivity index is 2.06. The number of hydrogen-bond donors (Lipinski definition) is 1. The molecule has 2 rings (SSSR count). The van der Waals surface area contributed by atoms with Crippen LogP contribution in [0.1, 0.15) is 43.5 Å². The van der Waals surface area contributed by atoms with Crippen molar-refractivity contribution < 1.29 is 5.11 Å². The van der Waals surface area contributed by atoms with Crippen molar-refractivity contribution in [2.24, 2.45) is 0 Å². The molecule has 0 bridgehead atoms. The number of nitrogens with zero attached hydrogens (tertiary/aromatic N) is 2. The van der Waals surface area contributed by atoms with Crippen LogP contribution in [0.5, 0.6) is 0 Å². The molecule has 0 aliphatic heterocycles. The Labute approximate surface area is 83.8 Å². The van der Waals surface area contributed by atoms with Gasteiger partial charge in [0, 0.05) is 12.5 Å². The van der Waals surface area contributed by atoms with Crippen LogP contribution in [-0.2, 0) is 0 Å². The van der Waals surface area contributed by atoms with E-state index in [-0.39, 0.29) is 0 Å². The van der Waals surface area contributed by atoms with E-state index in [4.69, 9.17) is 6.42 Å². The van der Waals surface area contributed by atoms with Crippen LogP contribution >= 0.6 is 0 Å². The summed E-state index contributed by atoms with van der Waals surface area (Å²) in [6.45, 7) is 0. The summed E-state index contributed by atoms with van der Waals surface area (Å²) >= 11 is 0. The Kier molecular flexibility index (Phi) is 2.55. The largest absolute Gasteiger partial charge is 0.387 e. The fraction of sp³-hybridized carbons (Fsp3) is 0.545. The molecule has 1 heterocycles. The van der Waals surface area contributed by atoms with Crippen LogP contribution in [0.3, 0.4) is 0 Å². The highest BCUT2D eigenvalue weighted by molar-refractivity contribution is 5.07. The molecule has 1 fully saturated rings. The van der Waals surface area contributed by atoms with E-state index in [0.717, 1.165) is 5.69 Å². The molecule has 0 spiro atoms. The Morgan fingerprint density at radius 2 is 2.50 bits per heavy atom. The third kappa shape index (κ3) is 1.80. The Morgan fingerprint density at radius 3 is 3.14 bits per heavy atom. The SMILES string of the molecule is C#CCCC(O)c1cncn1C1CC1. The minimum atomic E-state index is -0.464. The first kappa shape index (κ1) is 9.29. The van der Waals surface area contributed by atoms with Gasteiger partial charge < -0.3 is 9.67 Å². The number of hydrogen-bond acceptors (Lipinski definition) is 2. The highest BCUT2D eigenvalue weighted by Gasteiger charge is 2.26. The summed E-state index contributed by atoms with van der Waals surface area (Å²) in [5.41, 5.74) is 0.905. The number of rotatable bonds is 4. The zero-order valence-electron chi connectivity index (χ0n) is 8.06. The van der Waals surface area contributed by atoms with Gasteiger partial charge in [-0.2, -0.15) is 0 Å². The van der Waals surface area contributed by atoms with Crippen molar-refractivity contribution >= 4 is 0 Å². The van der Waals surface area contributed by atoms with Gasteiger partial charge in [0.25, 0.3) is 0 Å². The second-order valence-corrected chi connectivity index (χ2v) is 3.72. The van der Waals surface area contributed by atoms with Crippen molar-refractivity contribution in [1.29, 1.82) is 0 Å². The zero-order valence-corrected chi connectivity index (χ0v) is 8.06. The van der Waals surface area contributed by atoms with E-state index in [1.165, 1.54) is 12.8 Å². The molecule has 3 heteroatoms. The van der Waals surface area contributed by atoms with E-state index in [9.17, 15) is 5.11 Å².